The first-order valence-corrected chi connectivity index (χ1v) is 6.60. The zero-order chi connectivity index (χ0) is 15.9. The van der Waals surface area contributed by atoms with Gasteiger partial charge in [-0.05, 0) is 30.5 Å². The first-order chi connectivity index (χ1) is 10.6. The highest BCUT2D eigenvalue weighted by molar-refractivity contribution is 5.91. The molecule has 0 heterocycles. The molecule has 0 aliphatic rings. The number of benzene rings is 2. The fraction of sp³-hybridized carbons (Fsp3) is 0.125. The van der Waals surface area contributed by atoms with Crippen molar-refractivity contribution >= 4 is 12.2 Å². The average Bonchev–Trinajstić information content (AvgIpc) is 2.52. The summed E-state index contributed by atoms with van der Waals surface area (Å²) in [4.78, 5) is 16.3. The first kappa shape index (κ1) is 15.4. The van der Waals surface area contributed by atoms with Gasteiger partial charge in [0.2, 0.25) is 0 Å². The molecule has 0 atom stereocenters. The minimum absolute atomic E-state index is 0.118. The van der Waals surface area contributed by atoms with E-state index < -0.39 is 23.2 Å². The molecular formula is C16H15NO5. The van der Waals surface area contributed by atoms with Gasteiger partial charge in [-0.2, -0.15) is 0 Å². The Kier molecular flexibility index (Phi) is 4.98. The third kappa shape index (κ3) is 3.99. The highest BCUT2D eigenvalue weighted by Gasteiger charge is 2.14. The van der Waals surface area contributed by atoms with E-state index in [-0.39, 0.29) is 5.56 Å². The van der Waals surface area contributed by atoms with Gasteiger partial charge >= 0.3 is 5.97 Å². The van der Waals surface area contributed by atoms with Crippen molar-refractivity contribution in [3.63, 3.8) is 0 Å². The van der Waals surface area contributed by atoms with E-state index >= 15 is 0 Å². The third-order valence-electron chi connectivity index (χ3n) is 2.92. The SMILES string of the molecule is O=C(O/N=C\CCc1ccccc1)c1cc(O)c(O)c(O)c1. The van der Waals surface area contributed by atoms with E-state index in [0.717, 1.165) is 24.1 Å². The van der Waals surface area contributed by atoms with Crippen molar-refractivity contribution in [2.75, 3.05) is 0 Å². The molecule has 0 saturated heterocycles. The van der Waals surface area contributed by atoms with Gasteiger partial charge in [0.15, 0.2) is 17.2 Å². The molecule has 2 rings (SSSR count). The van der Waals surface area contributed by atoms with E-state index in [1.54, 1.807) is 0 Å². The number of nitrogens with zero attached hydrogens (tertiary/aromatic N) is 1. The fourth-order valence-corrected chi connectivity index (χ4v) is 1.79. The van der Waals surface area contributed by atoms with Crippen LogP contribution in [0.2, 0.25) is 0 Å². The van der Waals surface area contributed by atoms with Crippen molar-refractivity contribution in [2.45, 2.75) is 12.8 Å². The van der Waals surface area contributed by atoms with Crippen LogP contribution in [-0.4, -0.2) is 27.5 Å². The van der Waals surface area contributed by atoms with Crippen molar-refractivity contribution in [1.29, 1.82) is 0 Å². The number of carbonyl (C=O) groups is 1. The lowest BCUT2D eigenvalue weighted by Gasteiger charge is -2.03. The molecule has 0 bridgehead atoms. The molecule has 0 spiro atoms. The van der Waals surface area contributed by atoms with E-state index in [2.05, 4.69) is 9.99 Å². The van der Waals surface area contributed by atoms with Gasteiger partial charge in [0.05, 0.1) is 5.56 Å². The summed E-state index contributed by atoms with van der Waals surface area (Å²) in [5.74, 6) is -2.76. The minimum Gasteiger partial charge on any atom is -0.504 e. The van der Waals surface area contributed by atoms with Crippen molar-refractivity contribution in [3.8, 4) is 17.2 Å². The summed E-state index contributed by atoms with van der Waals surface area (Å²) in [6.45, 7) is 0. The van der Waals surface area contributed by atoms with E-state index in [1.807, 2.05) is 30.3 Å². The maximum absolute atomic E-state index is 11.7. The Morgan fingerprint density at radius 2 is 1.73 bits per heavy atom. The van der Waals surface area contributed by atoms with Gasteiger partial charge in [-0.1, -0.05) is 35.5 Å². The van der Waals surface area contributed by atoms with Crippen LogP contribution in [-0.2, 0) is 11.3 Å². The molecule has 0 amide bonds. The van der Waals surface area contributed by atoms with E-state index in [1.165, 1.54) is 6.21 Å². The molecule has 22 heavy (non-hydrogen) atoms. The Hall–Kier alpha value is -3.02. The Balaban J connectivity index is 1.86. The molecule has 3 N–H and O–H groups in total. The summed E-state index contributed by atoms with van der Waals surface area (Å²) in [5, 5.41) is 31.3. The summed E-state index contributed by atoms with van der Waals surface area (Å²) >= 11 is 0. The number of carbonyl (C=O) groups excluding carboxylic acids is 1. The summed E-state index contributed by atoms with van der Waals surface area (Å²) in [5.41, 5.74) is 1.03. The van der Waals surface area contributed by atoms with Gasteiger partial charge < -0.3 is 20.2 Å². The van der Waals surface area contributed by atoms with Crippen molar-refractivity contribution in [1.82, 2.24) is 0 Å². The second kappa shape index (κ2) is 7.12. The van der Waals surface area contributed by atoms with Crippen LogP contribution in [0.4, 0.5) is 0 Å². The second-order valence-corrected chi connectivity index (χ2v) is 4.55. The monoisotopic (exact) mass is 301 g/mol. The average molecular weight is 301 g/mol. The molecule has 114 valence electrons. The molecule has 6 nitrogen and oxygen atoms in total. The van der Waals surface area contributed by atoms with Crippen LogP contribution in [0.25, 0.3) is 0 Å². The molecular weight excluding hydrogens is 286 g/mol. The van der Waals surface area contributed by atoms with Crippen LogP contribution in [0.1, 0.15) is 22.3 Å². The highest BCUT2D eigenvalue weighted by atomic mass is 16.7. The van der Waals surface area contributed by atoms with Gasteiger partial charge in [0.1, 0.15) is 0 Å². The minimum atomic E-state index is -0.846. The van der Waals surface area contributed by atoms with E-state index in [9.17, 15) is 20.1 Å². The number of hydrogen-bond acceptors (Lipinski definition) is 6. The lowest BCUT2D eigenvalue weighted by Crippen LogP contribution is -2.01. The van der Waals surface area contributed by atoms with Crippen LogP contribution < -0.4 is 0 Å². The van der Waals surface area contributed by atoms with Gasteiger partial charge in [-0.15, -0.1) is 0 Å². The Labute approximate surface area is 126 Å². The predicted octanol–water partition coefficient (Wildman–Crippen LogP) is 2.58. The molecule has 0 saturated carbocycles. The Morgan fingerprint density at radius 3 is 2.36 bits per heavy atom. The number of hydrogen-bond donors (Lipinski definition) is 3. The van der Waals surface area contributed by atoms with Crippen LogP contribution in [0.15, 0.2) is 47.6 Å². The summed E-state index contributed by atoms with van der Waals surface area (Å²) in [7, 11) is 0. The smallest absolute Gasteiger partial charge is 0.365 e. The number of phenolic OH excluding ortho intramolecular Hbond substituents is 3. The maximum Gasteiger partial charge on any atom is 0.365 e. The lowest BCUT2D eigenvalue weighted by molar-refractivity contribution is 0.0517. The van der Waals surface area contributed by atoms with Gasteiger partial charge in [0.25, 0.3) is 0 Å². The summed E-state index contributed by atoms with van der Waals surface area (Å²) in [6, 6.07) is 11.8. The van der Waals surface area contributed by atoms with Crippen molar-refractivity contribution in [2.24, 2.45) is 5.16 Å². The fourth-order valence-electron chi connectivity index (χ4n) is 1.79. The maximum atomic E-state index is 11.7. The summed E-state index contributed by atoms with van der Waals surface area (Å²) in [6.07, 6.45) is 2.83. The first-order valence-electron chi connectivity index (χ1n) is 6.60. The third-order valence-corrected chi connectivity index (χ3v) is 2.92. The van der Waals surface area contributed by atoms with Crippen molar-refractivity contribution < 1.29 is 25.0 Å². The quantitative estimate of drug-likeness (QED) is 0.341. The zero-order valence-electron chi connectivity index (χ0n) is 11.6. The molecule has 2 aromatic carbocycles. The molecule has 0 radical (unpaired) electrons. The zero-order valence-corrected chi connectivity index (χ0v) is 11.6. The summed E-state index contributed by atoms with van der Waals surface area (Å²) < 4.78 is 0. The molecule has 0 aliphatic carbocycles. The van der Waals surface area contributed by atoms with Gasteiger partial charge in [-0.25, -0.2) is 4.79 Å². The van der Waals surface area contributed by atoms with E-state index in [4.69, 9.17) is 0 Å². The normalized spacial score (nSPS) is 10.7. The van der Waals surface area contributed by atoms with Crippen LogP contribution in [0, 0.1) is 0 Å². The van der Waals surface area contributed by atoms with Crippen LogP contribution in [0.3, 0.4) is 0 Å². The standard InChI is InChI=1S/C16H15NO5/c18-13-9-12(10-14(19)15(13)20)16(21)22-17-8-4-7-11-5-2-1-3-6-11/h1-3,5-6,8-10,18-20H,4,7H2/b17-8-. The topological polar surface area (TPSA) is 99.4 Å². The number of phenols is 3. The van der Waals surface area contributed by atoms with Crippen molar-refractivity contribution in [3.05, 3.63) is 53.6 Å². The Morgan fingerprint density at radius 1 is 1.09 bits per heavy atom. The largest absolute Gasteiger partial charge is 0.504 e. The van der Waals surface area contributed by atoms with Gasteiger partial charge in [-0.3, -0.25) is 0 Å². The van der Waals surface area contributed by atoms with E-state index in [0.29, 0.717) is 6.42 Å². The number of rotatable bonds is 5. The lowest BCUT2D eigenvalue weighted by atomic mass is 10.1. The molecule has 0 unspecified atom stereocenters. The van der Waals surface area contributed by atoms with Crippen LogP contribution in [0.5, 0.6) is 17.2 Å². The molecule has 6 heteroatoms. The molecule has 2 aromatic rings. The number of aryl methyl sites for hydroxylation is 1. The molecule has 0 aliphatic heterocycles. The second-order valence-electron chi connectivity index (χ2n) is 4.55. The predicted molar refractivity (Wildman–Crippen MR) is 80.1 cm³/mol. The molecule has 0 aromatic heterocycles. The van der Waals surface area contributed by atoms with Gasteiger partial charge in [0, 0.05) is 6.21 Å². The highest BCUT2D eigenvalue weighted by Crippen LogP contribution is 2.35. The molecule has 0 fully saturated rings. The van der Waals surface area contributed by atoms with Crippen LogP contribution >= 0.6 is 0 Å². The Bertz CT molecular complexity index is 659. The number of aromatic hydroxyl groups is 3. The number of oxime groups is 1.